The fourth-order valence-corrected chi connectivity index (χ4v) is 3.48. The number of amides is 1. The zero-order valence-electron chi connectivity index (χ0n) is 16.5. The minimum atomic E-state index is -0.645. The first-order valence-electron chi connectivity index (χ1n) is 8.71. The third-order valence-corrected chi connectivity index (χ3v) is 5.08. The summed E-state index contributed by atoms with van der Waals surface area (Å²) < 4.78 is 21.1. The summed E-state index contributed by atoms with van der Waals surface area (Å²) in [6.45, 7) is 5.41. The summed E-state index contributed by atoms with van der Waals surface area (Å²) in [6, 6.07) is 3.06. The molecule has 0 aromatic heterocycles. The molecule has 1 aromatic carbocycles. The molecule has 0 aliphatic heterocycles. The average molecular weight is 505 g/mol. The van der Waals surface area contributed by atoms with Crippen molar-refractivity contribution in [1.82, 2.24) is 5.32 Å². The second-order valence-electron chi connectivity index (χ2n) is 7.34. The largest absolute Gasteiger partial charge is 0.489 e. The molecule has 0 unspecified atom stereocenters. The number of carbonyl (C=O) groups excluding carboxylic acids is 3. The predicted octanol–water partition coefficient (Wildman–Crippen LogP) is 3.30. The highest BCUT2D eigenvalue weighted by Gasteiger charge is 2.34. The lowest BCUT2D eigenvalue weighted by atomic mass is 9.89. The van der Waals surface area contributed by atoms with E-state index in [9.17, 15) is 14.4 Å². The second kappa shape index (κ2) is 8.97. The number of methoxy groups -OCH3 is 2. The number of nitrogens with one attached hydrogen (secondary N) is 1. The van der Waals surface area contributed by atoms with Crippen molar-refractivity contribution < 1.29 is 33.3 Å². The van der Waals surface area contributed by atoms with E-state index >= 15 is 0 Å². The lowest BCUT2D eigenvalue weighted by molar-refractivity contribution is 0.0359. The van der Waals surface area contributed by atoms with Crippen LogP contribution in [0.25, 0.3) is 0 Å². The zero-order valence-corrected chi connectivity index (χ0v) is 18.6. The Hall–Kier alpha value is -2.04. The van der Waals surface area contributed by atoms with Crippen molar-refractivity contribution in [2.75, 3.05) is 14.2 Å². The number of hydrogen-bond acceptors (Lipinski definition) is 7. The predicted molar refractivity (Wildman–Crippen MR) is 109 cm³/mol. The van der Waals surface area contributed by atoms with Crippen LogP contribution < -0.4 is 10.1 Å². The van der Waals surface area contributed by atoms with Crippen LogP contribution in [0.2, 0.25) is 0 Å². The lowest BCUT2D eigenvalue weighted by Crippen LogP contribution is -2.50. The van der Waals surface area contributed by atoms with Gasteiger partial charge in [-0.3, -0.25) is 0 Å². The maximum Gasteiger partial charge on any atom is 0.407 e. The molecule has 154 valence electrons. The van der Waals surface area contributed by atoms with E-state index in [0.717, 1.165) is 0 Å². The smallest absolute Gasteiger partial charge is 0.407 e. The summed E-state index contributed by atoms with van der Waals surface area (Å²) >= 11 is 1.95. The number of rotatable bonds is 5. The molecule has 1 aliphatic rings. The molecule has 0 spiro atoms. The van der Waals surface area contributed by atoms with Gasteiger partial charge in [-0.25, -0.2) is 14.4 Å². The topological polar surface area (TPSA) is 100 Å². The lowest BCUT2D eigenvalue weighted by Gasteiger charge is -2.36. The highest BCUT2D eigenvalue weighted by atomic mass is 127. The average Bonchev–Trinajstić information content (AvgIpc) is 2.57. The van der Waals surface area contributed by atoms with Crippen molar-refractivity contribution in [3.05, 3.63) is 26.8 Å². The van der Waals surface area contributed by atoms with E-state index in [-0.39, 0.29) is 23.3 Å². The molecule has 28 heavy (non-hydrogen) atoms. The van der Waals surface area contributed by atoms with E-state index in [1.54, 1.807) is 26.8 Å². The molecule has 1 amide bonds. The molecule has 2 rings (SSSR count). The van der Waals surface area contributed by atoms with Crippen LogP contribution in [0, 0.1) is 3.57 Å². The zero-order chi connectivity index (χ0) is 21.1. The van der Waals surface area contributed by atoms with Gasteiger partial charge in [0.1, 0.15) is 17.5 Å². The van der Waals surface area contributed by atoms with Gasteiger partial charge >= 0.3 is 18.0 Å². The quantitative estimate of drug-likeness (QED) is 0.373. The maximum absolute atomic E-state index is 12.1. The fraction of sp³-hybridized carbons (Fsp3) is 0.526. The van der Waals surface area contributed by atoms with E-state index < -0.39 is 23.6 Å². The third-order valence-electron chi connectivity index (χ3n) is 4.01. The SMILES string of the molecule is COC(=O)c1ccc(O[C@H]2C[C@H](NC(=O)OC(C)(C)C)C2)c(I)c1C(=O)OC. The molecule has 1 fully saturated rings. The summed E-state index contributed by atoms with van der Waals surface area (Å²) in [5, 5.41) is 2.80. The Labute approximate surface area is 177 Å². The normalized spacial score (nSPS) is 18.5. The van der Waals surface area contributed by atoms with Gasteiger partial charge in [-0.2, -0.15) is 0 Å². The molecule has 9 heteroatoms. The highest BCUT2D eigenvalue weighted by molar-refractivity contribution is 14.1. The third kappa shape index (κ3) is 5.49. The van der Waals surface area contributed by atoms with Crippen LogP contribution in [0.3, 0.4) is 0 Å². The summed E-state index contributed by atoms with van der Waals surface area (Å²) in [5.41, 5.74) is -0.328. The molecule has 0 atom stereocenters. The molecule has 0 saturated heterocycles. The van der Waals surface area contributed by atoms with Gasteiger partial charge in [0.15, 0.2) is 0 Å². The van der Waals surface area contributed by atoms with Crippen LogP contribution in [0.5, 0.6) is 5.75 Å². The first kappa shape index (κ1) is 22.3. The molecule has 1 aromatic rings. The number of benzene rings is 1. The van der Waals surface area contributed by atoms with Gasteiger partial charge in [0, 0.05) is 18.9 Å². The Balaban J connectivity index is 2.03. The number of alkyl carbamates (subject to hydrolysis) is 1. The molecule has 8 nitrogen and oxygen atoms in total. The van der Waals surface area contributed by atoms with Crippen molar-refractivity contribution >= 4 is 40.6 Å². The summed E-state index contributed by atoms with van der Waals surface area (Å²) in [7, 11) is 2.48. The summed E-state index contributed by atoms with van der Waals surface area (Å²) in [6.07, 6.45) is 0.646. The van der Waals surface area contributed by atoms with Crippen LogP contribution >= 0.6 is 22.6 Å². The second-order valence-corrected chi connectivity index (χ2v) is 8.42. The van der Waals surface area contributed by atoms with E-state index in [1.807, 2.05) is 22.6 Å². The van der Waals surface area contributed by atoms with Gasteiger partial charge in [0.05, 0.1) is 28.9 Å². The Kier molecular flexibility index (Phi) is 7.13. The molecular formula is C19H24INO7. The van der Waals surface area contributed by atoms with E-state index in [1.165, 1.54) is 20.3 Å². The minimum Gasteiger partial charge on any atom is -0.489 e. The van der Waals surface area contributed by atoms with Gasteiger partial charge in [-0.15, -0.1) is 0 Å². The number of halogens is 1. The van der Waals surface area contributed by atoms with Gasteiger partial charge in [0.2, 0.25) is 0 Å². The Morgan fingerprint density at radius 3 is 2.21 bits per heavy atom. The first-order valence-corrected chi connectivity index (χ1v) is 9.79. The molecule has 1 N–H and O–H groups in total. The maximum atomic E-state index is 12.1. The number of esters is 2. The Morgan fingerprint density at radius 1 is 1.07 bits per heavy atom. The van der Waals surface area contributed by atoms with Crippen LogP contribution in [-0.2, 0) is 14.2 Å². The standard InChI is InChI=1S/C19H24INO7/c1-19(2,3)28-18(24)21-10-8-11(9-10)27-13-7-6-12(16(22)25-4)14(15(13)20)17(23)26-5/h6-7,10-11H,8-9H2,1-5H3,(H,21,24)/t10-,11-. The van der Waals surface area contributed by atoms with Gasteiger partial charge in [-0.1, -0.05) is 0 Å². The van der Waals surface area contributed by atoms with Crippen molar-refractivity contribution in [2.24, 2.45) is 0 Å². The van der Waals surface area contributed by atoms with Crippen molar-refractivity contribution in [2.45, 2.75) is 51.4 Å². The molecule has 0 heterocycles. The monoisotopic (exact) mass is 505 g/mol. The van der Waals surface area contributed by atoms with Crippen molar-refractivity contribution in [3.63, 3.8) is 0 Å². The molecule has 1 aliphatic carbocycles. The Bertz CT molecular complexity index is 766. The minimum absolute atomic E-state index is 0.0352. The highest BCUT2D eigenvalue weighted by Crippen LogP contribution is 2.33. The van der Waals surface area contributed by atoms with Crippen LogP contribution in [-0.4, -0.2) is 50.0 Å². The molecule has 0 radical (unpaired) electrons. The van der Waals surface area contributed by atoms with Crippen molar-refractivity contribution in [3.8, 4) is 5.75 Å². The summed E-state index contributed by atoms with van der Waals surface area (Å²) in [4.78, 5) is 35.9. The molecule has 1 saturated carbocycles. The fourth-order valence-electron chi connectivity index (χ4n) is 2.66. The van der Waals surface area contributed by atoms with Crippen LogP contribution in [0.4, 0.5) is 4.79 Å². The van der Waals surface area contributed by atoms with E-state index in [4.69, 9.17) is 18.9 Å². The van der Waals surface area contributed by atoms with Crippen molar-refractivity contribution in [1.29, 1.82) is 0 Å². The van der Waals surface area contributed by atoms with Crippen LogP contribution in [0.15, 0.2) is 12.1 Å². The van der Waals surface area contributed by atoms with Gasteiger partial charge < -0.3 is 24.3 Å². The van der Waals surface area contributed by atoms with Gasteiger partial charge in [0.25, 0.3) is 0 Å². The number of hydrogen-bond donors (Lipinski definition) is 1. The molecular weight excluding hydrogens is 481 g/mol. The molecule has 0 bridgehead atoms. The summed E-state index contributed by atoms with van der Waals surface area (Å²) in [5.74, 6) is -0.808. The first-order chi connectivity index (χ1) is 13.1. The number of carbonyl (C=O) groups is 3. The Morgan fingerprint density at radius 2 is 1.68 bits per heavy atom. The van der Waals surface area contributed by atoms with E-state index in [2.05, 4.69) is 5.32 Å². The number of ether oxygens (including phenoxy) is 4. The van der Waals surface area contributed by atoms with E-state index in [0.29, 0.717) is 22.2 Å². The van der Waals surface area contributed by atoms with Crippen LogP contribution in [0.1, 0.15) is 54.3 Å². The van der Waals surface area contributed by atoms with Gasteiger partial charge in [-0.05, 0) is 55.5 Å².